The Labute approximate surface area is 211 Å². The average molecular weight is 584 g/mol. The van der Waals surface area contributed by atoms with Crippen molar-refractivity contribution in [3.63, 3.8) is 0 Å². The fourth-order valence-corrected chi connectivity index (χ4v) is 8.17. The molecule has 4 aliphatic rings. The third-order valence-electron chi connectivity index (χ3n) is 7.20. The first-order valence-electron chi connectivity index (χ1n) is 10.5. The van der Waals surface area contributed by atoms with Gasteiger partial charge < -0.3 is 4.74 Å². The fraction of sp³-hybridized carbons (Fsp3) is 0.200. The number of hydrogen-bond donors (Lipinski definition) is 0. The van der Waals surface area contributed by atoms with E-state index in [1.807, 2.05) is 48.5 Å². The first-order valence-corrected chi connectivity index (χ1v) is 12.1. The number of ether oxygens (including phenoxy) is 1. The molecule has 0 spiro atoms. The summed E-state index contributed by atoms with van der Waals surface area (Å²) in [7, 11) is 1.40. The molecule has 3 aromatic rings. The number of nitro groups is 1. The van der Waals surface area contributed by atoms with Crippen molar-refractivity contribution in [2.75, 3.05) is 12.0 Å². The summed E-state index contributed by atoms with van der Waals surface area (Å²) < 4.78 is 3.52. The predicted molar refractivity (Wildman–Crippen MR) is 131 cm³/mol. The highest BCUT2D eigenvalue weighted by Crippen LogP contribution is 2.71. The smallest absolute Gasteiger partial charge is 0.271 e. The maximum atomic E-state index is 14.1. The van der Waals surface area contributed by atoms with Crippen molar-refractivity contribution in [2.45, 2.75) is 8.65 Å². The van der Waals surface area contributed by atoms with Gasteiger partial charge in [0.1, 0.15) is 11.4 Å². The molecule has 1 heterocycles. The van der Waals surface area contributed by atoms with Crippen LogP contribution in [0.2, 0.25) is 0 Å². The summed E-state index contributed by atoms with van der Waals surface area (Å²) in [5, 5.41) is 11.5. The van der Waals surface area contributed by atoms with Crippen LogP contribution >= 0.6 is 31.9 Å². The van der Waals surface area contributed by atoms with E-state index in [2.05, 4.69) is 31.9 Å². The molecule has 0 aromatic heterocycles. The number of alkyl halides is 2. The van der Waals surface area contributed by atoms with E-state index in [-0.39, 0.29) is 17.1 Å². The number of imide groups is 1. The molecule has 170 valence electrons. The predicted octanol–water partition coefficient (Wildman–Crippen LogP) is 5.01. The number of halogens is 2. The standard InChI is InChI=1S/C25H16Br2N2O5/c1-34-19-11-10-13(29(32)33)12-18(19)28-22(30)20-21(23(28)31)25(27)15-7-3-2-6-14(15)24(20,26)16-8-4-5-9-17(16)25/h2-12,20-21H,1H3/t20-,21-,24?,25?/m0/s1. The van der Waals surface area contributed by atoms with Gasteiger partial charge in [-0.15, -0.1) is 0 Å². The Morgan fingerprint density at radius 1 is 0.853 bits per heavy atom. The van der Waals surface area contributed by atoms with E-state index in [1.165, 1.54) is 25.3 Å². The highest BCUT2D eigenvalue weighted by molar-refractivity contribution is 9.10. The third kappa shape index (κ3) is 2.36. The third-order valence-corrected chi connectivity index (χ3v) is 9.89. The first kappa shape index (κ1) is 21.5. The van der Waals surface area contributed by atoms with Crippen molar-refractivity contribution in [1.29, 1.82) is 0 Å². The van der Waals surface area contributed by atoms with Crippen LogP contribution in [-0.2, 0) is 18.2 Å². The van der Waals surface area contributed by atoms with Crippen molar-refractivity contribution in [2.24, 2.45) is 11.8 Å². The van der Waals surface area contributed by atoms with Crippen LogP contribution in [-0.4, -0.2) is 23.8 Å². The minimum Gasteiger partial charge on any atom is -0.495 e. The van der Waals surface area contributed by atoms with E-state index in [9.17, 15) is 19.7 Å². The van der Waals surface area contributed by atoms with Crippen molar-refractivity contribution in [3.05, 3.63) is 99.1 Å². The number of amides is 2. The molecule has 7 nitrogen and oxygen atoms in total. The molecule has 2 atom stereocenters. The van der Waals surface area contributed by atoms with Gasteiger partial charge in [0.15, 0.2) is 0 Å². The van der Waals surface area contributed by atoms with E-state index >= 15 is 0 Å². The zero-order chi connectivity index (χ0) is 24.0. The van der Waals surface area contributed by atoms with Crippen molar-refractivity contribution < 1.29 is 19.2 Å². The lowest BCUT2D eigenvalue weighted by Crippen LogP contribution is -2.56. The minimum absolute atomic E-state index is 0.0702. The second-order valence-corrected chi connectivity index (χ2v) is 11.1. The van der Waals surface area contributed by atoms with Gasteiger partial charge in [-0.25, -0.2) is 4.90 Å². The van der Waals surface area contributed by atoms with Crippen LogP contribution in [0.5, 0.6) is 5.75 Å². The second-order valence-electron chi connectivity index (χ2n) is 8.60. The van der Waals surface area contributed by atoms with Crippen LogP contribution in [0.4, 0.5) is 11.4 Å². The van der Waals surface area contributed by atoms with Gasteiger partial charge in [-0.2, -0.15) is 0 Å². The Morgan fingerprint density at radius 2 is 1.29 bits per heavy atom. The molecule has 2 amide bonds. The fourth-order valence-electron chi connectivity index (χ4n) is 5.87. The average Bonchev–Trinajstić information content (AvgIpc) is 3.13. The molecule has 3 aliphatic carbocycles. The number of carbonyl (C=O) groups is 2. The molecule has 0 radical (unpaired) electrons. The Morgan fingerprint density at radius 3 is 1.68 bits per heavy atom. The summed E-state index contributed by atoms with van der Waals surface area (Å²) in [6, 6.07) is 19.5. The molecule has 0 saturated carbocycles. The second kappa shape index (κ2) is 6.99. The van der Waals surface area contributed by atoms with Crippen LogP contribution in [0.3, 0.4) is 0 Å². The van der Waals surface area contributed by atoms with Gasteiger partial charge in [0.25, 0.3) is 5.69 Å². The van der Waals surface area contributed by atoms with Crippen LogP contribution in [0.15, 0.2) is 66.7 Å². The number of methoxy groups -OCH3 is 1. The quantitative estimate of drug-likeness (QED) is 0.187. The largest absolute Gasteiger partial charge is 0.495 e. The Balaban J connectivity index is 1.63. The summed E-state index contributed by atoms with van der Waals surface area (Å²) >= 11 is 7.89. The van der Waals surface area contributed by atoms with Gasteiger partial charge in [0.05, 0.1) is 32.5 Å². The molecular weight excluding hydrogens is 568 g/mol. The zero-order valence-corrected chi connectivity index (χ0v) is 20.9. The van der Waals surface area contributed by atoms with Crippen LogP contribution in [0.25, 0.3) is 0 Å². The number of carbonyl (C=O) groups excluding carboxylic acids is 2. The highest BCUT2D eigenvalue weighted by Gasteiger charge is 2.72. The van der Waals surface area contributed by atoms with Gasteiger partial charge in [0, 0.05) is 12.1 Å². The molecule has 0 N–H and O–H groups in total. The summed E-state index contributed by atoms with van der Waals surface area (Å²) in [6.45, 7) is 0. The van der Waals surface area contributed by atoms with Crippen LogP contribution in [0, 0.1) is 22.0 Å². The van der Waals surface area contributed by atoms with Gasteiger partial charge >= 0.3 is 0 Å². The van der Waals surface area contributed by atoms with E-state index in [0.29, 0.717) is 0 Å². The number of nitrogens with zero attached hydrogens (tertiary/aromatic N) is 2. The van der Waals surface area contributed by atoms with Crippen LogP contribution < -0.4 is 9.64 Å². The number of benzene rings is 3. The monoisotopic (exact) mass is 582 g/mol. The van der Waals surface area contributed by atoms with Crippen LogP contribution in [0.1, 0.15) is 22.3 Å². The molecule has 34 heavy (non-hydrogen) atoms. The summed E-state index contributed by atoms with van der Waals surface area (Å²) in [5.74, 6) is -2.20. The zero-order valence-electron chi connectivity index (χ0n) is 17.7. The molecule has 0 unspecified atom stereocenters. The van der Waals surface area contributed by atoms with Gasteiger partial charge in [-0.05, 0) is 28.3 Å². The molecule has 1 saturated heterocycles. The van der Waals surface area contributed by atoms with E-state index in [0.717, 1.165) is 27.2 Å². The number of nitro benzene ring substituents is 1. The molecule has 7 rings (SSSR count). The van der Waals surface area contributed by atoms with E-state index in [4.69, 9.17) is 4.74 Å². The SMILES string of the molecule is COc1ccc([N+](=O)[O-])cc1N1C(=O)[C@@H]2[C@@H](C1=O)C1(Br)c3ccccc3C2(Br)c2ccccc21. The lowest BCUT2D eigenvalue weighted by molar-refractivity contribution is -0.384. The maximum absolute atomic E-state index is 14.1. The number of anilines is 1. The molecule has 3 aromatic carbocycles. The molecular formula is C25H16Br2N2O5. The first-order chi connectivity index (χ1) is 16.3. The van der Waals surface area contributed by atoms with Crippen molar-refractivity contribution in [1.82, 2.24) is 0 Å². The molecule has 9 heteroatoms. The van der Waals surface area contributed by atoms with E-state index in [1.54, 1.807) is 0 Å². The Bertz CT molecular complexity index is 1320. The molecule has 2 bridgehead atoms. The van der Waals surface area contributed by atoms with Gasteiger partial charge in [-0.1, -0.05) is 80.4 Å². The van der Waals surface area contributed by atoms with E-state index < -0.39 is 37.2 Å². The summed E-state index contributed by atoms with van der Waals surface area (Å²) in [5.41, 5.74) is 3.51. The summed E-state index contributed by atoms with van der Waals surface area (Å²) in [4.78, 5) is 40.1. The lowest BCUT2D eigenvalue weighted by atomic mass is 9.54. The van der Waals surface area contributed by atoms with Gasteiger partial charge in [-0.3, -0.25) is 19.7 Å². The van der Waals surface area contributed by atoms with Crippen molar-refractivity contribution in [3.8, 4) is 5.75 Å². The Kier molecular flexibility index (Phi) is 4.42. The minimum atomic E-state index is -0.935. The maximum Gasteiger partial charge on any atom is 0.271 e. The normalized spacial score (nSPS) is 28.4. The topological polar surface area (TPSA) is 89.8 Å². The van der Waals surface area contributed by atoms with Crippen molar-refractivity contribution >= 4 is 55.0 Å². The number of non-ortho nitro benzene ring substituents is 1. The molecule has 1 fully saturated rings. The molecule has 1 aliphatic heterocycles. The Hall–Kier alpha value is -3.04. The number of hydrogen-bond acceptors (Lipinski definition) is 5. The van der Waals surface area contributed by atoms with Gasteiger partial charge in [0.2, 0.25) is 11.8 Å². The summed E-state index contributed by atoms with van der Waals surface area (Å²) in [6.07, 6.45) is 0. The number of rotatable bonds is 3. The lowest BCUT2D eigenvalue weighted by Gasteiger charge is -2.55. The highest BCUT2D eigenvalue weighted by atomic mass is 79.9.